The van der Waals surface area contributed by atoms with Crippen LogP contribution in [0.5, 0.6) is 11.5 Å². The number of carboxylic acids is 1. The SMILES string of the molecule is Cn1c(=O)n(CC(=O)O)c(=O)n(-c2cc(Oc3c(F)cc(C(F)(F)F)cc3Cl)ccc2[N+](=O)[O-])c1=O. The standard InChI is InChI=1S/C19H11ClF4N4O8/c1-25-16(31)26(7-14(29)30)18(33)27(17(25)32)13-6-9(2-3-12(13)28(34)35)36-15-10(20)4-8(5-11(15)21)19(22,23)24/h2-6H,7H2,1H3,(H,29,30). The van der Waals surface area contributed by atoms with E-state index in [2.05, 4.69) is 0 Å². The van der Waals surface area contributed by atoms with Crippen molar-refractivity contribution in [1.82, 2.24) is 13.7 Å². The second kappa shape index (κ2) is 9.29. The smallest absolute Gasteiger partial charge is 0.416 e. The van der Waals surface area contributed by atoms with Crippen LogP contribution in [0, 0.1) is 15.9 Å². The van der Waals surface area contributed by atoms with Crippen LogP contribution in [-0.2, 0) is 24.6 Å². The molecule has 12 nitrogen and oxygen atoms in total. The number of ether oxygens (including phenoxy) is 1. The first-order valence-electron chi connectivity index (χ1n) is 9.31. The van der Waals surface area contributed by atoms with Gasteiger partial charge in [-0.15, -0.1) is 0 Å². The van der Waals surface area contributed by atoms with Crippen molar-refractivity contribution in [3.8, 4) is 17.2 Å². The molecule has 2 aromatic carbocycles. The molecule has 1 aromatic heterocycles. The number of aliphatic carboxylic acids is 1. The summed E-state index contributed by atoms with van der Waals surface area (Å²) >= 11 is 5.71. The third kappa shape index (κ3) is 4.83. The first-order chi connectivity index (χ1) is 16.6. The number of carboxylic acid groups (broad SMARTS) is 1. The Labute approximate surface area is 199 Å². The van der Waals surface area contributed by atoms with Gasteiger partial charge in [0.2, 0.25) is 0 Å². The summed E-state index contributed by atoms with van der Waals surface area (Å²) in [5.41, 5.74) is -7.39. The van der Waals surface area contributed by atoms with Gasteiger partial charge in [-0.05, 0) is 18.2 Å². The Hall–Kier alpha value is -4.47. The fraction of sp³-hybridized carbons (Fsp3) is 0.158. The summed E-state index contributed by atoms with van der Waals surface area (Å²) in [6, 6.07) is 2.74. The summed E-state index contributed by atoms with van der Waals surface area (Å²) in [6.07, 6.45) is -4.93. The number of carbonyl (C=O) groups is 1. The van der Waals surface area contributed by atoms with Crippen LogP contribution in [0.3, 0.4) is 0 Å². The van der Waals surface area contributed by atoms with Crippen LogP contribution in [0.25, 0.3) is 5.69 Å². The summed E-state index contributed by atoms with van der Waals surface area (Å²) in [6.45, 7) is -1.19. The summed E-state index contributed by atoms with van der Waals surface area (Å²) < 4.78 is 58.6. The first-order valence-corrected chi connectivity index (χ1v) is 9.68. The predicted molar refractivity (Wildman–Crippen MR) is 112 cm³/mol. The number of nitro groups is 1. The van der Waals surface area contributed by atoms with Gasteiger partial charge in [-0.2, -0.15) is 13.2 Å². The molecule has 3 rings (SSSR count). The lowest BCUT2D eigenvalue weighted by Gasteiger charge is -2.14. The van der Waals surface area contributed by atoms with Gasteiger partial charge < -0.3 is 9.84 Å². The molecule has 0 fully saturated rings. The lowest BCUT2D eigenvalue weighted by Crippen LogP contribution is -2.53. The maximum Gasteiger partial charge on any atom is 0.416 e. The van der Waals surface area contributed by atoms with Gasteiger partial charge >= 0.3 is 29.2 Å². The zero-order valence-electron chi connectivity index (χ0n) is 17.6. The fourth-order valence-electron chi connectivity index (χ4n) is 3.01. The Kier molecular flexibility index (Phi) is 6.75. The summed E-state index contributed by atoms with van der Waals surface area (Å²) in [5, 5.41) is 19.7. The van der Waals surface area contributed by atoms with E-state index in [1.54, 1.807) is 0 Å². The Balaban J connectivity index is 2.25. The minimum atomic E-state index is -4.93. The topological polar surface area (TPSA) is 156 Å². The molecule has 1 heterocycles. The third-order valence-electron chi connectivity index (χ3n) is 4.64. The number of halogens is 5. The van der Waals surface area contributed by atoms with Crippen LogP contribution < -0.4 is 21.8 Å². The van der Waals surface area contributed by atoms with E-state index in [-0.39, 0.29) is 15.2 Å². The molecule has 0 saturated carbocycles. The van der Waals surface area contributed by atoms with Crippen molar-refractivity contribution in [3.05, 3.63) is 88.3 Å². The van der Waals surface area contributed by atoms with Crippen molar-refractivity contribution in [2.75, 3.05) is 0 Å². The van der Waals surface area contributed by atoms with E-state index in [0.717, 1.165) is 19.2 Å². The summed E-state index contributed by atoms with van der Waals surface area (Å²) in [4.78, 5) is 59.2. The minimum absolute atomic E-state index is 0.0928. The average molecular weight is 535 g/mol. The van der Waals surface area contributed by atoms with Crippen molar-refractivity contribution in [1.29, 1.82) is 0 Å². The zero-order valence-corrected chi connectivity index (χ0v) is 18.3. The van der Waals surface area contributed by atoms with E-state index in [9.17, 15) is 46.9 Å². The van der Waals surface area contributed by atoms with Crippen molar-refractivity contribution in [2.45, 2.75) is 12.7 Å². The Bertz CT molecular complexity index is 1570. The maximum absolute atomic E-state index is 14.3. The van der Waals surface area contributed by atoms with Gasteiger partial charge in [-0.25, -0.2) is 32.5 Å². The highest BCUT2D eigenvalue weighted by Crippen LogP contribution is 2.39. The van der Waals surface area contributed by atoms with Gasteiger partial charge in [0, 0.05) is 19.2 Å². The van der Waals surface area contributed by atoms with E-state index in [1.807, 2.05) is 0 Å². The maximum atomic E-state index is 14.3. The van der Waals surface area contributed by atoms with Gasteiger partial charge in [0.15, 0.2) is 11.6 Å². The molecule has 0 atom stereocenters. The molecule has 0 aliphatic heterocycles. The Morgan fingerprint density at radius 3 is 2.31 bits per heavy atom. The highest BCUT2D eigenvalue weighted by Gasteiger charge is 2.33. The van der Waals surface area contributed by atoms with Crippen LogP contribution in [0.15, 0.2) is 44.7 Å². The number of rotatable bonds is 6. The van der Waals surface area contributed by atoms with Crippen LogP contribution in [0.2, 0.25) is 5.02 Å². The number of nitrogens with zero attached hydrogens (tertiary/aromatic N) is 4. The van der Waals surface area contributed by atoms with Crippen LogP contribution in [0.4, 0.5) is 23.2 Å². The van der Waals surface area contributed by atoms with Crippen molar-refractivity contribution >= 4 is 23.3 Å². The van der Waals surface area contributed by atoms with E-state index in [0.29, 0.717) is 16.7 Å². The normalized spacial score (nSPS) is 11.4. The largest absolute Gasteiger partial charge is 0.480 e. The molecule has 0 amide bonds. The molecular weight excluding hydrogens is 524 g/mol. The third-order valence-corrected chi connectivity index (χ3v) is 4.92. The highest BCUT2D eigenvalue weighted by atomic mass is 35.5. The van der Waals surface area contributed by atoms with Gasteiger partial charge in [-0.3, -0.25) is 14.9 Å². The summed E-state index contributed by atoms with van der Waals surface area (Å²) in [7, 11) is 0.877. The number of hydrogen-bond acceptors (Lipinski definition) is 7. The molecule has 0 spiro atoms. The van der Waals surface area contributed by atoms with Crippen molar-refractivity contribution in [3.63, 3.8) is 0 Å². The van der Waals surface area contributed by atoms with Gasteiger partial charge in [0.25, 0.3) is 5.69 Å². The van der Waals surface area contributed by atoms with Gasteiger partial charge in [0.1, 0.15) is 18.0 Å². The van der Waals surface area contributed by atoms with E-state index < -0.39 is 80.0 Å². The van der Waals surface area contributed by atoms with Crippen LogP contribution in [-0.4, -0.2) is 29.7 Å². The van der Waals surface area contributed by atoms with Crippen molar-refractivity contribution in [2.24, 2.45) is 7.05 Å². The first kappa shape index (κ1) is 26.1. The lowest BCUT2D eigenvalue weighted by atomic mass is 10.2. The molecule has 17 heteroatoms. The second-order valence-corrected chi connectivity index (χ2v) is 7.41. The van der Waals surface area contributed by atoms with Gasteiger partial charge in [0.05, 0.1) is 15.5 Å². The van der Waals surface area contributed by atoms with Crippen molar-refractivity contribution < 1.29 is 37.1 Å². The fourth-order valence-corrected chi connectivity index (χ4v) is 3.26. The second-order valence-electron chi connectivity index (χ2n) is 7.00. The Morgan fingerprint density at radius 1 is 1.14 bits per heavy atom. The monoisotopic (exact) mass is 534 g/mol. The quantitative estimate of drug-likeness (QED) is 0.287. The van der Waals surface area contributed by atoms with E-state index >= 15 is 0 Å². The average Bonchev–Trinajstić information content (AvgIpc) is 2.77. The molecule has 1 N–H and O–H groups in total. The molecule has 190 valence electrons. The minimum Gasteiger partial charge on any atom is -0.480 e. The molecule has 0 radical (unpaired) electrons. The molecule has 0 unspecified atom stereocenters. The molecule has 3 aromatic rings. The van der Waals surface area contributed by atoms with E-state index in [1.165, 1.54) is 0 Å². The molecule has 0 aliphatic carbocycles. The Morgan fingerprint density at radius 2 is 1.78 bits per heavy atom. The highest BCUT2D eigenvalue weighted by molar-refractivity contribution is 6.32. The zero-order chi connectivity index (χ0) is 27.1. The number of benzene rings is 2. The van der Waals surface area contributed by atoms with Gasteiger partial charge in [-0.1, -0.05) is 11.6 Å². The molecule has 0 bridgehead atoms. The number of nitro benzene ring substituents is 1. The number of hydrogen-bond donors (Lipinski definition) is 1. The van der Waals surface area contributed by atoms with Crippen LogP contribution >= 0.6 is 11.6 Å². The molecule has 36 heavy (non-hydrogen) atoms. The molecular formula is C19H11ClF4N4O8. The lowest BCUT2D eigenvalue weighted by molar-refractivity contribution is -0.384. The van der Waals surface area contributed by atoms with Crippen LogP contribution in [0.1, 0.15) is 5.56 Å². The summed E-state index contributed by atoms with van der Waals surface area (Å²) in [5.74, 6) is -4.60. The predicted octanol–water partition coefficient (Wildman–Crippen LogP) is 2.29. The van der Waals surface area contributed by atoms with E-state index in [4.69, 9.17) is 21.4 Å². The number of alkyl halides is 3. The molecule has 0 saturated heterocycles. The molecule has 0 aliphatic rings. The number of aromatic nitrogens is 3.